The summed E-state index contributed by atoms with van der Waals surface area (Å²) in [5.41, 5.74) is 0.673. The minimum Gasteiger partial charge on any atom is -0.352 e. The van der Waals surface area contributed by atoms with E-state index >= 15 is 0 Å². The Bertz CT molecular complexity index is 447. The van der Waals surface area contributed by atoms with Gasteiger partial charge in [-0.25, -0.2) is 4.79 Å². The first-order valence-electron chi connectivity index (χ1n) is 5.73. The van der Waals surface area contributed by atoms with Gasteiger partial charge in [-0.05, 0) is 30.7 Å². The van der Waals surface area contributed by atoms with Crippen LogP contribution < -0.4 is 16.0 Å². The smallest absolute Gasteiger partial charge is 0.319 e. The highest BCUT2D eigenvalue weighted by molar-refractivity contribution is 6.30. The van der Waals surface area contributed by atoms with E-state index in [4.69, 9.17) is 11.6 Å². The lowest BCUT2D eigenvalue weighted by atomic mass is 10.2. The number of amides is 3. The van der Waals surface area contributed by atoms with E-state index in [0.717, 1.165) is 6.42 Å². The number of rotatable bonds is 3. The molecule has 3 N–H and O–H groups in total. The third-order valence-electron chi connectivity index (χ3n) is 2.70. The maximum absolute atomic E-state index is 11.6. The molecule has 1 atom stereocenters. The van der Waals surface area contributed by atoms with Crippen molar-refractivity contribution in [2.24, 2.45) is 0 Å². The molecule has 6 heteroatoms. The van der Waals surface area contributed by atoms with Gasteiger partial charge in [0.1, 0.15) is 0 Å². The fraction of sp³-hybridized carbons (Fsp3) is 0.333. The molecule has 0 spiro atoms. The van der Waals surface area contributed by atoms with Crippen LogP contribution in [-0.4, -0.2) is 24.5 Å². The molecule has 1 aromatic carbocycles. The van der Waals surface area contributed by atoms with Gasteiger partial charge in [-0.3, -0.25) is 4.79 Å². The molecule has 1 unspecified atom stereocenters. The molecule has 1 saturated heterocycles. The summed E-state index contributed by atoms with van der Waals surface area (Å²) in [5, 5.41) is 8.80. The standard InChI is InChI=1S/C12H14ClN3O2/c13-8-1-3-9(4-2-8)16-12(18)14-7-10-5-6-11(17)15-10/h1-4,10H,5-7H2,(H,15,17)(H2,14,16,18). The highest BCUT2D eigenvalue weighted by Gasteiger charge is 2.20. The zero-order valence-electron chi connectivity index (χ0n) is 9.70. The summed E-state index contributed by atoms with van der Waals surface area (Å²) in [4.78, 5) is 22.5. The number of hydrogen-bond donors (Lipinski definition) is 3. The van der Waals surface area contributed by atoms with E-state index in [-0.39, 0.29) is 18.0 Å². The highest BCUT2D eigenvalue weighted by Crippen LogP contribution is 2.13. The Balaban J connectivity index is 1.75. The van der Waals surface area contributed by atoms with Gasteiger partial charge < -0.3 is 16.0 Å². The first-order chi connectivity index (χ1) is 8.63. The van der Waals surface area contributed by atoms with E-state index in [2.05, 4.69) is 16.0 Å². The van der Waals surface area contributed by atoms with Gasteiger partial charge in [0, 0.05) is 29.7 Å². The SMILES string of the molecule is O=C1CCC(CNC(=O)Nc2ccc(Cl)cc2)N1. The van der Waals surface area contributed by atoms with Crippen molar-refractivity contribution in [1.29, 1.82) is 0 Å². The molecule has 0 radical (unpaired) electrons. The molecule has 1 aliphatic heterocycles. The van der Waals surface area contributed by atoms with E-state index in [1.165, 1.54) is 0 Å². The molecule has 1 aliphatic rings. The van der Waals surface area contributed by atoms with Crippen molar-refractivity contribution in [2.45, 2.75) is 18.9 Å². The summed E-state index contributed by atoms with van der Waals surface area (Å²) in [5.74, 6) is 0.0416. The molecule has 5 nitrogen and oxygen atoms in total. The van der Waals surface area contributed by atoms with Crippen LogP contribution in [0.15, 0.2) is 24.3 Å². The number of urea groups is 1. The topological polar surface area (TPSA) is 70.2 Å². The minimum atomic E-state index is -0.293. The van der Waals surface area contributed by atoms with Crippen LogP contribution in [0.1, 0.15) is 12.8 Å². The Morgan fingerprint density at radius 3 is 2.72 bits per heavy atom. The maximum Gasteiger partial charge on any atom is 0.319 e. The Morgan fingerprint density at radius 2 is 2.11 bits per heavy atom. The Hall–Kier alpha value is -1.75. The number of halogens is 1. The lowest BCUT2D eigenvalue weighted by Crippen LogP contribution is -2.40. The Labute approximate surface area is 110 Å². The highest BCUT2D eigenvalue weighted by atomic mass is 35.5. The lowest BCUT2D eigenvalue weighted by molar-refractivity contribution is -0.119. The summed E-state index contributed by atoms with van der Waals surface area (Å²) in [6.07, 6.45) is 1.30. The van der Waals surface area contributed by atoms with Crippen molar-refractivity contribution in [3.8, 4) is 0 Å². The zero-order chi connectivity index (χ0) is 13.0. The molecular weight excluding hydrogens is 254 g/mol. The van der Waals surface area contributed by atoms with Crippen molar-refractivity contribution >= 4 is 29.2 Å². The molecule has 18 heavy (non-hydrogen) atoms. The third-order valence-corrected chi connectivity index (χ3v) is 2.95. The summed E-state index contributed by atoms with van der Waals surface area (Å²) in [6, 6.07) is 6.59. The van der Waals surface area contributed by atoms with Crippen molar-refractivity contribution in [3.05, 3.63) is 29.3 Å². The molecule has 0 saturated carbocycles. The predicted molar refractivity (Wildman–Crippen MR) is 69.6 cm³/mol. The van der Waals surface area contributed by atoms with Crippen LogP contribution >= 0.6 is 11.6 Å². The van der Waals surface area contributed by atoms with Gasteiger partial charge in [-0.1, -0.05) is 11.6 Å². The predicted octanol–water partition coefficient (Wildman–Crippen LogP) is 1.74. The van der Waals surface area contributed by atoms with E-state index in [0.29, 0.717) is 23.7 Å². The van der Waals surface area contributed by atoms with Crippen LogP contribution in [-0.2, 0) is 4.79 Å². The van der Waals surface area contributed by atoms with Crippen molar-refractivity contribution in [2.75, 3.05) is 11.9 Å². The number of nitrogens with one attached hydrogen (secondary N) is 3. The summed E-state index contributed by atoms with van der Waals surface area (Å²) >= 11 is 5.74. The van der Waals surface area contributed by atoms with Crippen LogP contribution in [0.4, 0.5) is 10.5 Å². The molecule has 3 amide bonds. The molecule has 2 rings (SSSR count). The van der Waals surface area contributed by atoms with Crippen LogP contribution in [0.2, 0.25) is 5.02 Å². The first-order valence-corrected chi connectivity index (χ1v) is 6.11. The van der Waals surface area contributed by atoms with E-state index < -0.39 is 0 Å². The van der Waals surface area contributed by atoms with Gasteiger partial charge in [-0.2, -0.15) is 0 Å². The number of carbonyl (C=O) groups is 2. The lowest BCUT2D eigenvalue weighted by Gasteiger charge is -2.12. The first kappa shape index (κ1) is 12.7. The number of carbonyl (C=O) groups excluding carboxylic acids is 2. The average Bonchev–Trinajstić information content (AvgIpc) is 2.76. The Morgan fingerprint density at radius 1 is 1.39 bits per heavy atom. The summed E-state index contributed by atoms with van der Waals surface area (Å²) in [7, 11) is 0. The second-order valence-electron chi connectivity index (χ2n) is 4.15. The summed E-state index contributed by atoms with van der Waals surface area (Å²) in [6.45, 7) is 0.436. The van der Waals surface area contributed by atoms with Gasteiger partial charge >= 0.3 is 6.03 Å². The fourth-order valence-electron chi connectivity index (χ4n) is 1.75. The largest absolute Gasteiger partial charge is 0.352 e. The molecule has 0 bridgehead atoms. The normalized spacial score (nSPS) is 18.3. The van der Waals surface area contributed by atoms with Crippen LogP contribution in [0.3, 0.4) is 0 Å². The fourth-order valence-corrected chi connectivity index (χ4v) is 1.88. The molecule has 1 heterocycles. The second kappa shape index (κ2) is 5.73. The number of hydrogen-bond acceptors (Lipinski definition) is 2. The van der Waals surface area contributed by atoms with E-state index in [1.807, 2.05) is 0 Å². The Kier molecular flexibility index (Phi) is 4.04. The van der Waals surface area contributed by atoms with Gasteiger partial charge in [0.2, 0.25) is 5.91 Å². The molecule has 1 fully saturated rings. The van der Waals surface area contributed by atoms with Crippen molar-refractivity contribution in [3.63, 3.8) is 0 Å². The summed E-state index contributed by atoms with van der Waals surface area (Å²) < 4.78 is 0. The van der Waals surface area contributed by atoms with Gasteiger partial charge in [0.15, 0.2) is 0 Å². The second-order valence-corrected chi connectivity index (χ2v) is 4.58. The van der Waals surface area contributed by atoms with Crippen molar-refractivity contribution < 1.29 is 9.59 Å². The molecule has 0 aliphatic carbocycles. The monoisotopic (exact) mass is 267 g/mol. The van der Waals surface area contributed by atoms with Gasteiger partial charge in [-0.15, -0.1) is 0 Å². The van der Waals surface area contributed by atoms with Crippen LogP contribution in [0.25, 0.3) is 0 Å². The third kappa shape index (κ3) is 3.63. The molecular formula is C12H14ClN3O2. The van der Waals surface area contributed by atoms with Crippen molar-refractivity contribution in [1.82, 2.24) is 10.6 Å². The minimum absolute atomic E-state index is 0.0356. The molecule has 1 aromatic rings. The van der Waals surface area contributed by atoms with Gasteiger partial charge in [0.25, 0.3) is 0 Å². The number of benzene rings is 1. The quantitative estimate of drug-likeness (QED) is 0.781. The maximum atomic E-state index is 11.6. The molecule has 0 aromatic heterocycles. The average molecular weight is 268 g/mol. The van der Waals surface area contributed by atoms with Gasteiger partial charge in [0.05, 0.1) is 0 Å². The zero-order valence-corrected chi connectivity index (χ0v) is 10.5. The molecule has 96 valence electrons. The van der Waals surface area contributed by atoms with E-state index in [1.54, 1.807) is 24.3 Å². The van der Waals surface area contributed by atoms with Crippen LogP contribution in [0, 0.1) is 0 Å². The van der Waals surface area contributed by atoms with Crippen LogP contribution in [0.5, 0.6) is 0 Å². The number of anilines is 1. The van der Waals surface area contributed by atoms with E-state index in [9.17, 15) is 9.59 Å².